The first kappa shape index (κ1) is 20.4. The van der Waals surface area contributed by atoms with E-state index in [-0.39, 0.29) is 0 Å². The smallest absolute Gasteiger partial charge is 0.191 e. The summed E-state index contributed by atoms with van der Waals surface area (Å²) in [5, 5.41) is 7.70. The lowest BCUT2D eigenvalue weighted by atomic mass is 10.1. The highest BCUT2D eigenvalue weighted by Crippen LogP contribution is 2.30. The van der Waals surface area contributed by atoms with Gasteiger partial charge in [-0.3, -0.25) is 5.43 Å². The molecule has 148 valence electrons. The minimum atomic E-state index is 0.401. The molecule has 0 fully saturated rings. The molecule has 0 spiro atoms. The third kappa shape index (κ3) is 6.05. The molecular formula is C23H23N3O2S. The summed E-state index contributed by atoms with van der Waals surface area (Å²) in [5.41, 5.74) is 6.77. The maximum Gasteiger partial charge on any atom is 0.191 e. The van der Waals surface area contributed by atoms with Crippen molar-refractivity contribution < 1.29 is 9.47 Å². The topological polar surface area (TPSA) is 54.9 Å². The van der Waals surface area contributed by atoms with Crippen LogP contribution in [0, 0.1) is 6.92 Å². The molecule has 0 atom stereocenters. The van der Waals surface area contributed by atoms with Gasteiger partial charge in [0.1, 0.15) is 6.61 Å². The fraction of sp³-hybridized carbons (Fsp3) is 0.130. The van der Waals surface area contributed by atoms with Gasteiger partial charge in [-0.05, 0) is 49.0 Å². The summed E-state index contributed by atoms with van der Waals surface area (Å²) < 4.78 is 11.5. The zero-order valence-electron chi connectivity index (χ0n) is 16.4. The third-order valence-electron chi connectivity index (χ3n) is 4.10. The highest BCUT2D eigenvalue weighted by atomic mass is 32.1. The van der Waals surface area contributed by atoms with E-state index in [2.05, 4.69) is 34.9 Å². The van der Waals surface area contributed by atoms with Crippen LogP contribution in [0.2, 0.25) is 0 Å². The quantitative estimate of drug-likeness (QED) is 0.333. The molecule has 0 heterocycles. The number of aryl methyl sites for hydroxylation is 1. The summed E-state index contributed by atoms with van der Waals surface area (Å²) in [6.45, 7) is 2.49. The SMILES string of the molecule is COc1cccc(/C=N\NC(=S)Nc2ccccc2)c1OCc1cccc(C)c1. The van der Waals surface area contributed by atoms with E-state index < -0.39 is 0 Å². The molecule has 3 aromatic carbocycles. The predicted octanol–water partition coefficient (Wildman–Crippen LogP) is 4.90. The van der Waals surface area contributed by atoms with Crippen molar-refractivity contribution >= 4 is 29.2 Å². The fourth-order valence-corrected chi connectivity index (χ4v) is 2.92. The summed E-state index contributed by atoms with van der Waals surface area (Å²) in [5.74, 6) is 1.27. The van der Waals surface area contributed by atoms with Crippen molar-refractivity contribution in [2.24, 2.45) is 5.10 Å². The maximum absolute atomic E-state index is 6.06. The van der Waals surface area contributed by atoms with E-state index in [1.54, 1.807) is 13.3 Å². The molecule has 0 aliphatic rings. The molecule has 3 rings (SSSR count). The Kier molecular flexibility index (Phi) is 7.19. The van der Waals surface area contributed by atoms with Crippen LogP contribution in [0.25, 0.3) is 0 Å². The zero-order chi connectivity index (χ0) is 20.5. The van der Waals surface area contributed by atoms with Gasteiger partial charge >= 0.3 is 0 Å². The molecule has 0 aromatic heterocycles. The Labute approximate surface area is 176 Å². The number of anilines is 1. The largest absolute Gasteiger partial charge is 0.493 e. The van der Waals surface area contributed by atoms with E-state index in [4.69, 9.17) is 21.7 Å². The third-order valence-corrected chi connectivity index (χ3v) is 4.29. The minimum absolute atomic E-state index is 0.401. The van der Waals surface area contributed by atoms with Crippen molar-refractivity contribution in [1.82, 2.24) is 5.43 Å². The lowest BCUT2D eigenvalue weighted by Gasteiger charge is -2.13. The van der Waals surface area contributed by atoms with Gasteiger partial charge in [-0.25, -0.2) is 0 Å². The number of nitrogens with zero attached hydrogens (tertiary/aromatic N) is 1. The number of methoxy groups -OCH3 is 1. The molecule has 3 aromatic rings. The van der Waals surface area contributed by atoms with Crippen LogP contribution in [0.4, 0.5) is 5.69 Å². The molecule has 29 heavy (non-hydrogen) atoms. The first-order valence-electron chi connectivity index (χ1n) is 9.16. The Balaban J connectivity index is 1.68. The van der Waals surface area contributed by atoms with Crippen molar-refractivity contribution in [3.05, 3.63) is 89.5 Å². The highest BCUT2D eigenvalue weighted by molar-refractivity contribution is 7.80. The van der Waals surface area contributed by atoms with Gasteiger partial charge in [-0.15, -0.1) is 0 Å². The molecule has 5 nitrogen and oxygen atoms in total. The normalized spacial score (nSPS) is 10.6. The van der Waals surface area contributed by atoms with E-state index >= 15 is 0 Å². The van der Waals surface area contributed by atoms with Crippen molar-refractivity contribution in [3.8, 4) is 11.5 Å². The Morgan fingerprint density at radius 2 is 1.83 bits per heavy atom. The van der Waals surface area contributed by atoms with Crippen LogP contribution in [-0.2, 0) is 6.61 Å². The van der Waals surface area contributed by atoms with Gasteiger partial charge in [0.05, 0.1) is 13.3 Å². The Bertz CT molecular complexity index is 990. The summed E-state index contributed by atoms with van der Waals surface area (Å²) in [6.07, 6.45) is 1.66. The van der Waals surface area contributed by atoms with Crippen molar-refractivity contribution in [2.45, 2.75) is 13.5 Å². The van der Waals surface area contributed by atoms with Crippen molar-refractivity contribution in [3.63, 3.8) is 0 Å². The van der Waals surface area contributed by atoms with Gasteiger partial charge in [-0.1, -0.05) is 54.1 Å². The fourth-order valence-electron chi connectivity index (χ4n) is 2.75. The number of para-hydroxylation sites is 2. The van der Waals surface area contributed by atoms with Gasteiger partial charge in [0, 0.05) is 11.3 Å². The molecule has 0 unspecified atom stereocenters. The van der Waals surface area contributed by atoms with Crippen LogP contribution in [0.3, 0.4) is 0 Å². The summed E-state index contributed by atoms with van der Waals surface area (Å²) in [4.78, 5) is 0. The van der Waals surface area contributed by atoms with E-state index in [9.17, 15) is 0 Å². The van der Waals surface area contributed by atoms with E-state index in [1.807, 2.05) is 60.7 Å². The molecule has 6 heteroatoms. The number of nitrogens with one attached hydrogen (secondary N) is 2. The number of benzene rings is 3. The molecule has 0 amide bonds. The highest BCUT2D eigenvalue weighted by Gasteiger charge is 2.10. The maximum atomic E-state index is 6.06. The number of hydrazone groups is 1. The Hall–Kier alpha value is -3.38. The second-order valence-electron chi connectivity index (χ2n) is 6.35. The van der Waals surface area contributed by atoms with Crippen LogP contribution >= 0.6 is 12.2 Å². The average Bonchev–Trinajstić information content (AvgIpc) is 2.73. The second-order valence-corrected chi connectivity index (χ2v) is 6.75. The van der Waals surface area contributed by atoms with Crippen LogP contribution in [0.1, 0.15) is 16.7 Å². The number of ether oxygens (including phenoxy) is 2. The molecule has 0 aliphatic carbocycles. The Morgan fingerprint density at radius 3 is 2.59 bits per heavy atom. The summed E-state index contributed by atoms with van der Waals surface area (Å²) in [6, 6.07) is 23.5. The molecule has 2 N–H and O–H groups in total. The second kappa shape index (κ2) is 10.2. The molecule has 0 radical (unpaired) electrons. The van der Waals surface area contributed by atoms with E-state index in [1.165, 1.54) is 5.56 Å². The first-order chi connectivity index (χ1) is 14.2. The molecular weight excluding hydrogens is 382 g/mol. The van der Waals surface area contributed by atoms with Gasteiger partial charge in [0.2, 0.25) is 0 Å². The lowest BCUT2D eigenvalue weighted by Crippen LogP contribution is -2.23. The van der Waals surface area contributed by atoms with Gasteiger partial charge < -0.3 is 14.8 Å². The average molecular weight is 406 g/mol. The number of hydrogen-bond acceptors (Lipinski definition) is 4. The first-order valence-corrected chi connectivity index (χ1v) is 9.57. The predicted molar refractivity (Wildman–Crippen MR) is 122 cm³/mol. The Morgan fingerprint density at radius 1 is 1.03 bits per heavy atom. The molecule has 0 saturated heterocycles. The number of thiocarbonyl (C=S) groups is 1. The van der Waals surface area contributed by atoms with Crippen molar-refractivity contribution in [1.29, 1.82) is 0 Å². The van der Waals surface area contributed by atoms with E-state index in [0.717, 1.165) is 16.8 Å². The van der Waals surface area contributed by atoms with Gasteiger partial charge in [0.25, 0.3) is 0 Å². The number of rotatable bonds is 7. The molecule has 0 aliphatic heterocycles. The summed E-state index contributed by atoms with van der Waals surface area (Å²) in [7, 11) is 1.62. The van der Waals surface area contributed by atoms with Crippen LogP contribution in [0.5, 0.6) is 11.5 Å². The van der Waals surface area contributed by atoms with Crippen LogP contribution in [0.15, 0.2) is 77.9 Å². The molecule has 0 bridgehead atoms. The van der Waals surface area contributed by atoms with Gasteiger partial charge in [0.15, 0.2) is 16.6 Å². The van der Waals surface area contributed by atoms with Gasteiger partial charge in [-0.2, -0.15) is 5.10 Å². The monoisotopic (exact) mass is 405 g/mol. The van der Waals surface area contributed by atoms with Crippen LogP contribution < -0.4 is 20.2 Å². The standard InChI is InChI=1S/C23H23N3O2S/c1-17-8-6-9-18(14-17)16-28-22-19(10-7-13-21(22)27-2)15-24-26-23(29)25-20-11-4-3-5-12-20/h3-15H,16H2,1-2H3,(H2,25,26,29)/b24-15-. The van der Waals surface area contributed by atoms with Crippen molar-refractivity contribution in [2.75, 3.05) is 12.4 Å². The number of hydrogen-bond donors (Lipinski definition) is 2. The molecule has 0 saturated carbocycles. The minimum Gasteiger partial charge on any atom is -0.493 e. The zero-order valence-corrected chi connectivity index (χ0v) is 17.2. The summed E-state index contributed by atoms with van der Waals surface area (Å²) >= 11 is 5.27. The lowest BCUT2D eigenvalue weighted by molar-refractivity contribution is 0.284. The van der Waals surface area contributed by atoms with Crippen LogP contribution in [-0.4, -0.2) is 18.4 Å². The van der Waals surface area contributed by atoms with E-state index in [0.29, 0.717) is 23.2 Å².